The first-order valence-corrected chi connectivity index (χ1v) is 6.14. The molecule has 1 amide bonds. The third-order valence-corrected chi connectivity index (χ3v) is 3.18. The van der Waals surface area contributed by atoms with Crippen molar-refractivity contribution in [2.24, 2.45) is 5.11 Å². The fourth-order valence-corrected chi connectivity index (χ4v) is 2.12. The largest absolute Gasteiger partial charge is 0.347 e. The first-order chi connectivity index (χ1) is 8.81. The van der Waals surface area contributed by atoms with Crippen molar-refractivity contribution in [3.05, 3.63) is 62.7 Å². The van der Waals surface area contributed by atoms with E-state index in [0.717, 1.165) is 4.88 Å². The van der Waals surface area contributed by atoms with E-state index in [1.807, 2.05) is 17.5 Å². The van der Waals surface area contributed by atoms with E-state index in [0.29, 0.717) is 17.8 Å². The lowest BCUT2D eigenvalue weighted by atomic mass is 10.1. The number of azide groups is 1. The Morgan fingerprint density at radius 2 is 2.17 bits per heavy atom. The Bertz CT molecular complexity index is 588. The standard InChI is InChI=1S/C12H10N4OS/c13-16-15-11-6-2-1-5-10(11)12(17)14-8-9-4-3-7-18-9/h1-7H,8H2,(H,14,17). The van der Waals surface area contributed by atoms with Gasteiger partial charge >= 0.3 is 0 Å². The Labute approximate surface area is 108 Å². The minimum atomic E-state index is -0.244. The number of carbonyl (C=O) groups is 1. The van der Waals surface area contributed by atoms with Crippen LogP contribution in [0.4, 0.5) is 5.69 Å². The number of hydrogen-bond donors (Lipinski definition) is 1. The summed E-state index contributed by atoms with van der Waals surface area (Å²) >= 11 is 1.58. The highest BCUT2D eigenvalue weighted by molar-refractivity contribution is 7.09. The van der Waals surface area contributed by atoms with Crippen LogP contribution < -0.4 is 5.32 Å². The van der Waals surface area contributed by atoms with Gasteiger partial charge in [-0.05, 0) is 23.0 Å². The number of thiophene rings is 1. The fraction of sp³-hybridized carbons (Fsp3) is 0.0833. The number of nitrogens with one attached hydrogen (secondary N) is 1. The zero-order valence-electron chi connectivity index (χ0n) is 9.41. The summed E-state index contributed by atoms with van der Waals surface area (Å²) in [5, 5.41) is 8.24. The van der Waals surface area contributed by atoms with Gasteiger partial charge in [0.2, 0.25) is 0 Å². The molecule has 18 heavy (non-hydrogen) atoms. The van der Waals surface area contributed by atoms with Gasteiger partial charge in [-0.2, -0.15) is 0 Å². The second kappa shape index (κ2) is 5.86. The summed E-state index contributed by atoms with van der Waals surface area (Å²) < 4.78 is 0. The topological polar surface area (TPSA) is 77.9 Å². The molecule has 0 aliphatic heterocycles. The van der Waals surface area contributed by atoms with Crippen LogP contribution >= 0.6 is 11.3 Å². The molecule has 0 aliphatic rings. The molecule has 0 saturated carbocycles. The Kier molecular flexibility index (Phi) is 3.96. The highest BCUT2D eigenvalue weighted by Gasteiger charge is 2.09. The molecule has 0 unspecified atom stereocenters. The van der Waals surface area contributed by atoms with Crippen molar-refractivity contribution in [3.63, 3.8) is 0 Å². The van der Waals surface area contributed by atoms with E-state index in [1.54, 1.807) is 35.6 Å². The van der Waals surface area contributed by atoms with Crippen molar-refractivity contribution >= 4 is 22.9 Å². The van der Waals surface area contributed by atoms with E-state index in [9.17, 15) is 4.79 Å². The van der Waals surface area contributed by atoms with Gasteiger partial charge in [-0.3, -0.25) is 4.79 Å². The fourth-order valence-electron chi connectivity index (χ4n) is 1.48. The van der Waals surface area contributed by atoms with E-state index in [1.165, 1.54) is 0 Å². The van der Waals surface area contributed by atoms with Gasteiger partial charge < -0.3 is 5.32 Å². The van der Waals surface area contributed by atoms with Gasteiger partial charge in [-0.1, -0.05) is 29.4 Å². The molecule has 1 aromatic carbocycles. The molecule has 2 rings (SSSR count). The Morgan fingerprint density at radius 1 is 1.33 bits per heavy atom. The number of carbonyl (C=O) groups excluding carboxylic acids is 1. The van der Waals surface area contributed by atoms with Crippen molar-refractivity contribution in [1.82, 2.24) is 5.32 Å². The van der Waals surface area contributed by atoms with Gasteiger partial charge in [0.15, 0.2) is 0 Å². The number of nitrogens with zero attached hydrogens (tertiary/aromatic N) is 3. The molecule has 2 aromatic rings. The van der Waals surface area contributed by atoms with E-state index < -0.39 is 0 Å². The minimum Gasteiger partial charge on any atom is -0.347 e. The lowest BCUT2D eigenvalue weighted by Crippen LogP contribution is -2.22. The van der Waals surface area contributed by atoms with Gasteiger partial charge in [-0.25, -0.2) is 0 Å². The van der Waals surface area contributed by atoms with Crippen molar-refractivity contribution in [1.29, 1.82) is 0 Å². The van der Waals surface area contributed by atoms with Gasteiger partial charge in [-0.15, -0.1) is 11.3 Å². The molecular formula is C12H10N4OS. The maximum Gasteiger partial charge on any atom is 0.252 e. The van der Waals surface area contributed by atoms with E-state index in [4.69, 9.17) is 5.53 Å². The van der Waals surface area contributed by atoms with E-state index in [-0.39, 0.29) is 5.91 Å². The summed E-state index contributed by atoms with van der Waals surface area (Å²) in [6.07, 6.45) is 0. The van der Waals surface area contributed by atoms with Gasteiger partial charge in [0.1, 0.15) is 0 Å². The molecule has 90 valence electrons. The van der Waals surface area contributed by atoms with Crippen LogP contribution in [0.2, 0.25) is 0 Å². The van der Waals surface area contributed by atoms with Crippen LogP contribution in [-0.2, 0) is 6.54 Å². The number of benzene rings is 1. The SMILES string of the molecule is [N-]=[N+]=Nc1ccccc1C(=O)NCc1cccs1. The van der Waals surface area contributed by atoms with Crippen LogP contribution in [0.1, 0.15) is 15.2 Å². The van der Waals surface area contributed by atoms with Crippen LogP contribution in [0, 0.1) is 0 Å². The lowest BCUT2D eigenvalue weighted by molar-refractivity contribution is 0.0952. The van der Waals surface area contributed by atoms with Crippen LogP contribution in [-0.4, -0.2) is 5.91 Å². The maximum atomic E-state index is 11.9. The van der Waals surface area contributed by atoms with Crippen LogP contribution in [0.25, 0.3) is 10.4 Å². The molecule has 0 saturated heterocycles. The summed E-state index contributed by atoms with van der Waals surface area (Å²) in [4.78, 5) is 15.7. The molecule has 5 nitrogen and oxygen atoms in total. The van der Waals surface area contributed by atoms with Gasteiger partial charge in [0, 0.05) is 15.4 Å². The molecule has 0 aliphatic carbocycles. The molecule has 1 aromatic heterocycles. The number of hydrogen-bond acceptors (Lipinski definition) is 3. The van der Waals surface area contributed by atoms with Crippen molar-refractivity contribution in [2.45, 2.75) is 6.54 Å². The predicted molar refractivity (Wildman–Crippen MR) is 70.7 cm³/mol. The Balaban J connectivity index is 2.11. The quantitative estimate of drug-likeness (QED) is 0.507. The zero-order chi connectivity index (χ0) is 12.8. The van der Waals surface area contributed by atoms with Crippen LogP contribution in [0.15, 0.2) is 46.9 Å². The number of amides is 1. The molecule has 1 heterocycles. The third kappa shape index (κ3) is 2.88. The summed E-state index contributed by atoms with van der Waals surface area (Å²) in [6.45, 7) is 0.473. The normalized spacial score (nSPS) is 9.56. The summed E-state index contributed by atoms with van der Waals surface area (Å²) in [5.74, 6) is -0.244. The van der Waals surface area contributed by atoms with E-state index >= 15 is 0 Å². The molecule has 1 N–H and O–H groups in total. The monoisotopic (exact) mass is 258 g/mol. The number of rotatable bonds is 4. The molecule has 0 spiro atoms. The highest BCUT2D eigenvalue weighted by atomic mass is 32.1. The smallest absolute Gasteiger partial charge is 0.252 e. The summed E-state index contributed by atoms with van der Waals surface area (Å²) in [6, 6.07) is 10.6. The van der Waals surface area contributed by atoms with Crippen molar-refractivity contribution in [2.75, 3.05) is 0 Å². The molecule has 0 bridgehead atoms. The second-order valence-corrected chi connectivity index (χ2v) is 4.50. The second-order valence-electron chi connectivity index (χ2n) is 3.47. The average Bonchev–Trinajstić information content (AvgIpc) is 2.90. The van der Waals surface area contributed by atoms with Crippen LogP contribution in [0.3, 0.4) is 0 Å². The maximum absolute atomic E-state index is 11.9. The van der Waals surface area contributed by atoms with E-state index in [2.05, 4.69) is 15.3 Å². The van der Waals surface area contributed by atoms with Crippen molar-refractivity contribution < 1.29 is 4.79 Å². The van der Waals surface area contributed by atoms with Gasteiger partial charge in [0.25, 0.3) is 5.91 Å². The van der Waals surface area contributed by atoms with Crippen molar-refractivity contribution in [3.8, 4) is 0 Å². The minimum absolute atomic E-state index is 0.244. The van der Waals surface area contributed by atoms with Crippen LogP contribution in [0.5, 0.6) is 0 Å². The lowest BCUT2D eigenvalue weighted by Gasteiger charge is -2.05. The van der Waals surface area contributed by atoms with Gasteiger partial charge in [0.05, 0.1) is 12.2 Å². The predicted octanol–water partition coefficient (Wildman–Crippen LogP) is 3.62. The molecule has 0 atom stereocenters. The molecule has 6 heteroatoms. The summed E-state index contributed by atoms with van der Waals surface area (Å²) in [5.41, 5.74) is 9.15. The first-order valence-electron chi connectivity index (χ1n) is 5.26. The summed E-state index contributed by atoms with van der Waals surface area (Å²) in [7, 11) is 0. The first kappa shape index (κ1) is 12.2. The zero-order valence-corrected chi connectivity index (χ0v) is 10.2. The third-order valence-electron chi connectivity index (χ3n) is 2.30. The molecular weight excluding hydrogens is 248 g/mol. The Morgan fingerprint density at radius 3 is 2.89 bits per heavy atom. The average molecular weight is 258 g/mol. The molecule has 0 radical (unpaired) electrons. The Hall–Kier alpha value is -2.30. The molecule has 0 fully saturated rings. The highest BCUT2D eigenvalue weighted by Crippen LogP contribution is 2.18.